The van der Waals surface area contributed by atoms with E-state index in [1.165, 1.54) is 11.3 Å². The molecule has 0 radical (unpaired) electrons. The highest BCUT2D eigenvalue weighted by molar-refractivity contribution is 7.15. The third-order valence-corrected chi connectivity index (χ3v) is 8.06. The van der Waals surface area contributed by atoms with Crippen molar-refractivity contribution in [2.75, 3.05) is 12.0 Å². The quantitative estimate of drug-likeness (QED) is 0.458. The number of hydrogen-bond donors (Lipinski definition) is 0. The number of aryl methyl sites for hydroxylation is 1. The Labute approximate surface area is 218 Å². The monoisotopic (exact) mass is 517 g/mol. The molecule has 3 aliphatic rings. The van der Waals surface area contributed by atoms with Gasteiger partial charge in [-0.1, -0.05) is 54.2 Å². The second-order valence-corrected chi connectivity index (χ2v) is 10.7. The summed E-state index contributed by atoms with van der Waals surface area (Å²) in [7, 11) is 1.58. The van der Waals surface area contributed by atoms with Gasteiger partial charge < -0.3 is 14.2 Å². The lowest BCUT2D eigenvalue weighted by Crippen LogP contribution is -2.39. The Balaban J connectivity index is 1.40. The standard InChI is InChI=1S/C28H27N3O5S/c1-16-29-30-28(37-16)31-24(23-25(32)19-10-6-7-11-20(19)36-26(23)27(31)33)18-12-13-21(22(14-18)34-2)35-15-17-8-4-3-5-9-17/h3-5,8-9,12-14,19-20,24H,6-7,10-11,15H2,1-2H3. The summed E-state index contributed by atoms with van der Waals surface area (Å²) in [6.07, 6.45) is 3.29. The Hall–Kier alpha value is -3.72. The molecule has 0 spiro atoms. The summed E-state index contributed by atoms with van der Waals surface area (Å²) in [5.74, 6) is 0.658. The number of aromatic nitrogens is 2. The Kier molecular flexibility index (Phi) is 6.16. The van der Waals surface area contributed by atoms with E-state index in [-0.39, 0.29) is 29.5 Å². The van der Waals surface area contributed by atoms with Crippen molar-refractivity contribution in [3.05, 3.63) is 76.0 Å². The first-order valence-corrected chi connectivity index (χ1v) is 13.3. The molecule has 3 aromatic rings. The molecular formula is C28H27N3O5S. The van der Waals surface area contributed by atoms with Gasteiger partial charge in [0.25, 0.3) is 5.91 Å². The van der Waals surface area contributed by atoms with Crippen LogP contribution in [0.3, 0.4) is 0 Å². The van der Waals surface area contributed by atoms with Crippen molar-refractivity contribution in [3.8, 4) is 11.5 Å². The second kappa shape index (κ2) is 9.63. The van der Waals surface area contributed by atoms with Crippen molar-refractivity contribution in [1.29, 1.82) is 0 Å². The van der Waals surface area contributed by atoms with Crippen molar-refractivity contribution in [3.63, 3.8) is 0 Å². The topological polar surface area (TPSA) is 90.9 Å². The average Bonchev–Trinajstić information content (AvgIpc) is 3.48. The van der Waals surface area contributed by atoms with E-state index in [0.29, 0.717) is 28.8 Å². The van der Waals surface area contributed by atoms with Crippen LogP contribution in [0, 0.1) is 12.8 Å². The van der Waals surface area contributed by atoms with Crippen LogP contribution in [0.4, 0.5) is 5.13 Å². The van der Waals surface area contributed by atoms with Crippen LogP contribution in [-0.2, 0) is 20.9 Å². The molecule has 0 N–H and O–H groups in total. The Morgan fingerprint density at radius 3 is 2.62 bits per heavy atom. The molecule has 8 nitrogen and oxygen atoms in total. The van der Waals surface area contributed by atoms with Crippen molar-refractivity contribution in [1.82, 2.24) is 10.2 Å². The number of ether oxygens (including phenoxy) is 3. The van der Waals surface area contributed by atoms with Gasteiger partial charge in [0.2, 0.25) is 5.13 Å². The first kappa shape index (κ1) is 23.7. The highest BCUT2D eigenvalue weighted by Gasteiger charge is 2.53. The van der Waals surface area contributed by atoms with Crippen molar-refractivity contribution in [2.24, 2.45) is 5.92 Å². The fourth-order valence-electron chi connectivity index (χ4n) is 5.45. The number of hydrogen-bond acceptors (Lipinski definition) is 8. The van der Waals surface area contributed by atoms with Crippen LogP contribution < -0.4 is 14.4 Å². The predicted molar refractivity (Wildman–Crippen MR) is 138 cm³/mol. The van der Waals surface area contributed by atoms with E-state index in [4.69, 9.17) is 14.2 Å². The van der Waals surface area contributed by atoms with Gasteiger partial charge in [0.05, 0.1) is 24.6 Å². The number of fused-ring (bicyclic) bond motifs is 1. The fraction of sp³-hybridized carbons (Fsp3) is 0.357. The van der Waals surface area contributed by atoms with E-state index in [1.54, 1.807) is 12.0 Å². The van der Waals surface area contributed by atoms with E-state index in [9.17, 15) is 9.59 Å². The molecule has 2 aliphatic heterocycles. The van der Waals surface area contributed by atoms with Crippen LogP contribution in [0.15, 0.2) is 59.9 Å². The van der Waals surface area contributed by atoms with Crippen molar-refractivity contribution < 1.29 is 23.8 Å². The number of anilines is 1. The minimum Gasteiger partial charge on any atom is -0.493 e. The number of benzene rings is 2. The van der Waals surface area contributed by atoms with Gasteiger partial charge in [-0.15, -0.1) is 10.2 Å². The molecule has 3 heterocycles. The average molecular weight is 518 g/mol. The largest absolute Gasteiger partial charge is 0.493 e. The molecule has 9 heteroatoms. The zero-order chi connectivity index (χ0) is 25.5. The first-order chi connectivity index (χ1) is 18.0. The van der Waals surface area contributed by atoms with Gasteiger partial charge >= 0.3 is 0 Å². The van der Waals surface area contributed by atoms with E-state index in [1.807, 2.05) is 55.5 Å². The summed E-state index contributed by atoms with van der Waals surface area (Å²) in [6, 6.07) is 14.7. The Bertz CT molecular complexity index is 1390. The van der Waals surface area contributed by atoms with Gasteiger partial charge in [0.15, 0.2) is 23.0 Å². The van der Waals surface area contributed by atoms with Gasteiger partial charge in [-0.05, 0) is 49.4 Å². The van der Waals surface area contributed by atoms with E-state index >= 15 is 0 Å². The summed E-state index contributed by atoms with van der Waals surface area (Å²) in [5, 5.41) is 9.53. The highest BCUT2D eigenvalue weighted by atomic mass is 32.1. The number of carbonyl (C=O) groups is 2. The summed E-state index contributed by atoms with van der Waals surface area (Å²) < 4.78 is 17.9. The van der Waals surface area contributed by atoms with Crippen molar-refractivity contribution >= 4 is 28.2 Å². The van der Waals surface area contributed by atoms with Gasteiger partial charge in [0, 0.05) is 0 Å². The van der Waals surface area contributed by atoms with Crippen LogP contribution in [0.5, 0.6) is 11.5 Å². The van der Waals surface area contributed by atoms with Gasteiger partial charge in [-0.25, -0.2) is 0 Å². The molecule has 1 fully saturated rings. The lowest BCUT2D eigenvalue weighted by atomic mass is 9.77. The molecular weight excluding hydrogens is 490 g/mol. The number of ketones is 1. The van der Waals surface area contributed by atoms with Crippen LogP contribution in [0.1, 0.15) is 47.9 Å². The minimum atomic E-state index is -0.678. The highest BCUT2D eigenvalue weighted by Crippen LogP contribution is 2.49. The SMILES string of the molecule is COc1cc(C2C3=C(OC4CCCCC4C3=O)C(=O)N2c2nnc(C)s2)ccc1OCc1ccccc1. The van der Waals surface area contributed by atoms with Crippen LogP contribution in [0.25, 0.3) is 0 Å². The molecule has 1 aliphatic carbocycles. The molecule has 3 unspecified atom stereocenters. The predicted octanol–water partition coefficient (Wildman–Crippen LogP) is 4.93. The zero-order valence-electron chi connectivity index (χ0n) is 20.7. The number of carbonyl (C=O) groups excluding carboxylic acids is 2. The molecule has 0 bridgehead atoms. The zero-order valence-corrected chi connectivity index (χ0v) is 21.5. The molecule has 1 saturated carbocycles. The maximum Gasteiger partial charge on any atom is 0.296 e. The third-order valence-electron chi connectivity index (χ3n) is 7.23. The summed E-state index contributed by atoms with van der Waals surface area (Å²) in [4.78, 5) is 29.1. The smallest absolute Gasteiger partial charge is 0.296 e. The van der Waals surface area contributed by atoms with Crippen LogP contribution in [0.2, 0.25) is 0 Å². The lowest BCUT2D eigenvalue weighted by Gasteiger charge is -2.35. The van der Waals surface area contributed by atoms with E-state index in [0.717, 1.165) is 41.8 Å². The van der Waals surface area contributed by atoms with Crippen molar-refractivity contribution in [2.45, 2.75) is 51.4 Å². The van der Waals surface area contributed by atoms with Crippen LogP contribution in [-0.4, -0.2) is 35.1 Å². The molecule has 0 saturated heterocycles. The number of nitrogens with zero attached hydrogens (tertiary/aromatic N) is 3. The summed E-state index contributed by atoms with van der Waals surface area (Å²) in [5.41, 5.74) is 2.16. The number of methoxy groups -OCH3 is 1. The van der Waals surface area contributed by atoms with Gasteiger partial charge in [0.1, 0.15) is 17.7 Å². The maximum atomic E-state index is 13.8. The Morgan fingerprint density at radius 2 is 1.86 bits per heavy atom. The second-order valence-electron chi connectivity index (χ2n) is 9.52. The van der Waals surface area contributed by atoms with E-state index in [2.05, 4.69) is 10.2 Å². The maximum absolute atomic E-state index is 13.8. The number of amides is 1. The molecule has 1 amide bonds. The van der Waals surface area contributed by atoms with Crippen LogP contribution >= 0.6 is 11.3 Å². The summed E-state index contributed by atoms with van der Waals surface area (Å²) in [6.45, 7) is 2.22. The molecule has 37 heavy (non-hydrogen) atoms. The molecule has 1 aromatic heterocycles. The van der Waals surface area contributed by atoms with Gasteiger partial charge in [-0.3, -0.25) is 14.5 Å². The summed E-state index contributed by atoms with van der Waals surface area (Å²) >= 11 is 1.31. The van der Waals surface area contributed by atoms with E-state index < -0.39 is 6.04 Å². The molecule has 190 valence electrons. The Morgan fingerprint density at radius 1 is 1.05 bits per heavy atom. The molecule has 6 rings (SSSR count). The minimum absolute atomic E-state index is 0.00333. The van der Waals surface area contributed by atoms with Gasteiger partial charge in [-0.2, -0.15) is 0 Å². The number of rotatable bonds is 6. The normalized spacial score (nSPS) is 23.0. The lowest BCUT2D eigenvalue weighted by molar-refractivity contribution is -0.131. The third kappa shape index (κ3) is 4.17. The molecule has 3 atom stereocenters. The number of Topliss-reactive ketones (excluding diaryl/α,β-unsaturated/α-hetero) is 1. The fourth-order valence-corrected chi connectivity index (χ4v) is 6.16. The first-order valence-electron chi connectivity index (χ1n) is 12.5. The molecule has 2 aromatic carbocycles.